The zero-order valence-electron chi connectivity index (χ0n) is 5.48. The highest BCUT2D eigenvalue weighted by Crippen LogP contribution is 2.15. The van der Waals surface area contributed by atoms with Crippen LogP contribution in [-0.2, 0) is 6.42 Å². The molecule has 3 radical (unpaired) electrons. The van der Waals surface area contributed by atoms with E-state index >= 15 is 0 Å². The Morgan fingerprint density at radius 2 is 2.33 bits per heavy atom. The molecule has 0 N–H and O–H groups in total. The Morgan fingerprint density at radius 3 is 2.78 bits per heavy atom. The molecule has 0 atom stereocenters. The smallest absolute Gasteiger partial charge is 0.0226 e. The van der Waals surface area contributed by atoms with Crippen LogP contribution < -0.4 is 0 Å². The first kappa shape index (κ1) is 7.03. The fourth-order valence-electron chi connectivity index (χ4n) is 0.743. The molecule has 0 nitrogen and oxygen atoms in total. The molecule has 0 unspecified atom stereocenters. The summed E-state index contributed by atoms with van der Waals surface area (Å²) in [6.07, 6.45) is 1.16. The minimum Gasteiger partial charge on any atom is -0.146 e. The van der Waals surface area contributed by atoms with E-state index in [1.807, 2.05) is 11.3 Å². The SMILES string of the molecule is Cc1ccc(CC[Si])s1. The van der Waals surface area contributed by atoms with Gasteiger partial charge in [-0.05, 0) is 25.5 Å². The Labute approximate surface area is 63.3 Å². The van der Waals surface area contributed by atoms with Crippen molar-refractivity contribution in [3.63, 3.8) is 0 Å². The highest BCUT2D eigenvalue weighted by Gasteiger charge is 1.92. The molecule has 0 bridgehead atoms. The van der Waals surface area contributed by atoms with Crippen molar-refractivity contribution in [2.75, 3.05) is 0 Å². The third-order valence-corrected chi connectivity index (χ3v) is 2.48. The first-order valence-corrected chi connectivity index (χ1v) is 4.55. The minimum absolute atomic E-state index is 1.07. The van der Waals surface area contributed by atoms with E-state index in [0.717, 1.165) is 12.5 Å². The number of rotatable bonds is 2. The van der Waals surface area contributed by atoms with Crippen molar-refractivity contribution < 1.29 is 0 Å². The molecule has 0 aliphatic rings. The molecule has 0 saturated carbocycles. The lowest BCUT2D eigenvalue weighted by Crippen LogP contribution is -1.74. The Kier molecular flexibility index (Phi) is 2.48. The average molecular weight is 153 g/mol. The normalized spacial score (nSPS) is 10.0. The quantitative estimate of drug-likeness (QED) is 0.571. The van der Waals surface area contributed by atoms with Crippen LogP contribution in [0.15, 0.2) is 12.1 Å². The lowest BCUT2D eigenvalue weighted by molar-refractivity contribution is 1.18. The lowest BCUT2D eigenvalue weighted by Gasteiger charge is -1.86. The third-order valence-electron chi connectivity index (χ3n) is 1.17. The molecule has 0 saturated heterocycles. The molecule has 9 heavy (non-hydrogen) atoms. The van der Waals surface area contributed by atoms with Crippen LogP contribution in [0, 0.1) is 6.92 Å². The second-order valence-electron chi connectivity index (χ2n) is 2.01. The van der Waals surface area contributed by atoms with E-state index in [9.17, 15) is 0 Å². The van der Waals surface area contributed by atoms with Crippen molar-refractivity contribution in [3.05, 3.63) is 21.9 Å². The molecule has 0 aromatic carbocycles. The molecule has 0 aliphatic heterocycles. The second-order valence-corrected chi connectivity index (χ2v) is 3.88. The van der Waals surface area contributed by atoms with Gasteiger partial charge in [0.2, 0.25) is 0 Å². The lowest BCUT2D eigenvalue weighted by atomic mass is 10.4. The number of hydrogen-bond acceptors (Lipinski definition) is 1. The Hall–Kier alpha value is -0.0831. The van der Waals surface area contributed by atoms with Crippen LogP contribution in [0.2, 0.25) is 6.04 Å². The Bertz CT molecular complexity index is 181. The van der Waals surface area contributed by atoms with Crippen LogP contribution in [0.25, 0.3) is 0 Å². The topological polar surface area (TPSA) is 0 Å². The summed E-state index contributed by atoms with van der Waals surface area (Å²) in [6, 6.07) is 5.43. The summed E-state index contributed by atoms with van der Waals surface area (Å²) < 4.78 is 0. The van der Waals surface area contributed by atoms with E-state index in [1.54, 1.807) is 0 Å². The van der Waals surface area contributed by atoms with Crippen LogP contribution in [0.4, 0.5) is 0 Å². The Balaban J connectivity index is 2.61. The van der Waals surface area contributed by atoms with E-state index in [2.05, 4.69) is 29.3 Å². The summed E-state index contributed by atoms with van der Waals surface area (Å²) >= 11 is 1.88. The molecule has 1 heterocycles. The summed E-state index contributed by atoms with van der Waals surface area (Å²) in [4.78, 5) is 2.88. The van der Waals surface area contributed by atoms with Gasteiger partial charge in [0.25, 0.3) is 0 Å². The summed E-state index contributed by atoms with van der Waals surface area (Å²) in [5, 5.41) is 0. The fourth-order valence-corrected chi connectivity index (χ4v) is 2.08. The van der Waals surface area contributed by atoms with Crippen molar-refractivity contribution in [1.82, 2.24) is 0 Å². The monoisotopic (exact) mass is 153 g/mol. The molecule has 1 aromatic heterocycles. The third kappa shape index (κ3) is 1.95. The van der Waals surface area contributed by atoms with Crippen molar-refractivity contribution in [1.29, 1.82) is 0 Å². The summed E-state index contributed by atoms with van der Waals surface area (Å²) in [5.41, 5.74) is 0. The van der Waals surface area contributed by atoms with Gasteiger partial charge in [-0.25, -0.2) is 0 Å². The number of thiophene rings is 1. The summed E-state index contributed by atoms with van der Waals surface area (Å²) in [6.45, 7) is 2.14. The van der Waals surface area contributed by atoms with Crippen molar-refractivity contribution >= 4 is 21.6 Å². The first-order chi connectivity index (χ1) is 4.33. The van der Waals surface area contributed by atoms with Gasteiger partial charge in [-0.1, -0.05) is 6.04 Å². The Morgan fingerprint density at radius 1 is 1.56 bits per heavy atom. The van der Waals surface area contributed by atoms with Crippen LogP contribution in [0.3, 0.4) is 0 Å². The molecular formula is C7H9SSi. The maximum Gasteiger partial charge on any atom is 0.0226 e. The number of aryl methyl sites for hydroxylation is 2. The molecular weight excluding hydrogens is 144 g/mol. The van der Waals surface area contributed by atoms with E-state index < -0.39 is 0 Å². The van der Waals surface area contributed by atoms with E-state index in [0.29, 0.717) is 0 Å². The van der Waals surface area contributed by atoms with Crippen LogP contribution in [-0.4, -0.2) is 10.2 Å². The number of hydrogen-bond donors (Lipinski definition) is 0. The van der Waals surface area contributed by atoms with Gasteiger partial charge in [0, 0.05) is 20.0 Å². The maximum atomic E-state index is 3.45. The van der Waals surface area contributed by atoms with Crippen molar-refractivity contribution in [3.8, 4) is 0 Å². The zero-order valence-corrected chi connectivity index (χ0v) is 7.29. The predicted molar refractivity (Wildman–Crippen MR) is 43.3 cm³/mol. The standard InChI is InChI=1S/C7H9SSi/c1-6-2-3-7(8-6)4-5-9/h2-3H,4-5H2,1H3. The van der Waals surface area contributed by atoms with Gasteiger partial charge in [-0.2, -0.15) is 0 Å². The first-order valence-electron chi connectivity index (χ1n) is 3.03. The summed E-state index contributed by atoms with van der Waals surface area (Å²) in [5.74, 6) is 0. The molecule has 2 heteroatoms. The fraction of sp³-hybridized carbons (Fsp3) is 0.429. The van der Waals surface area contributed by atoms with E-state index in [1.165, 1.54) is 9.75 Å². The second kappa shape index (κ2) is 3.18. The largest absolute Gasteiger partial charge is 0.146 e. The molecule has 1 rings (SSSR count). The van der Waals surface area contributed by atoms with Gasteiger partial charge in [0.05, 0.1) is 0 Å². The predicted octanol–water partition coefficient (Wildman–Crippen LogP) is 2.19. The van der Waals surface area contributed by atoms with E-state index in [-0.39, 0.29) is 0 Å². The molecule has 47 valence electrons. The van der Waals surface area contributed by atoms with Gasteiger partial charge < -0.3 is 0 Å². The molecule has 0 spiro atoms. The molecule has 1 aromatic rings. The van der Waals surface area contributed by atoms with Gasteiger partial charge in [0.15, 0.2) is 0 Å². The van der Waals surface area contributed by atoms with Crippen molar-refractivity contribution in [2.24, 2.45) is 0 Å². The minimum atomic E-state index is 1.07. The zero-order chi connectivity index (χ0) is 6.69. The van der Waals surface area contributed by atoms with Crippen molar-refractivity contribution in [2.45, 2.75) is 19.4 Å². The van der Waals surface area contributed by atoms with Crippen LogP contribution >= 0.6 is 11.3 Å². The van der Waals surface area contributed by atoms with Crippen LogP contribution in [0.5, 0.6) is 0 Å². The van der Waals surface area contributed by atoms with E-state index in [4.69, 9.17) is 0 Å². The maximum absolute atomic E-state index is 3.45. The van der Waals surface area contributed by atoms with Gasteiger partial charge in [0.1, 0.15) is 0 Å². The highest BCUT2D eigenvalue weighted by molar-refractivity contribution is 7.11. The van der Waals surface area contributed by atoms with Gasteiger partial charge in [-0.15, -0.1) is 11.3 Å². The highest BCUT2D eigenvalue weighted by atomic mass is 32.1. The molecule has 0 fully saturated rings. The average Bonchev–Trinajstić information content (AvgIpc) is 2.17. The van der Waals surface area contributed by atoms with Crippen LogP contribution in [0.1, 0.15) is 9.75 Å². The summed E-state index contributed by atoms with van der Waals surface area (Å²) in [7, 11) is 3.45. The van der Waals surface area contributed by atoms with Gasteiger partial charge >= 0.3 is 0 Å². The molecule has 0 amide bonds. The van der Waals surface area contributed by atoms with Gasteiger partial charge in [-0.3, -0.25) is 0 Å². The molecule has 0 aliphatic carbocycles.